The highest BCUT2D eigenvalue weighted by atomic mass is 16.2. The molecule has 4 rings (SSSR count). The molecule has 1 aliphatic carbocycles. The number of aromatic amines is 1. The molecule has 0 radical (unpaired) electrons. The first-order valence-electron chi connectivity index (χ1n) is 12.6. The lowest BCUT2D eigenvalue weighted by Gasteiger charge is -2.39. The number of hydrogen-bond acceptors (Lipinski definition) is 6. The summed E-state index contributed by atoms with van der Waals surface area (Å²) in [6.45, 7) is 6.37. The summed E-state index contributed by atoms with van der Waals surface area (Å²) in [6, 6.07) is 11.5. The number of hydrogen-bond donors (Lipinski definition) is 2. The number of nitrogens with zero attached hydrogens (tertiary/aromatic N) is 5. The molecule has 3 aromatic rings. The van der Waals surface area contributed by atoms with Crippen molar-refractivity contribution < 1.29 is 9.59 Å². The third-order valence-corrected chi connectivity index (χ3v) is 7.47. The highest BCUT2D eigenvalue weighted by Crippen LogP contribution is 2.48. The van der Waals surface area contributed by atoms with Crippen LogP contribution in [0.4, 0.5) is 0 Å². The first-order chi connectivity index (χ1) is 17.4. The van der Waals surface area contributed by atoms with Crippen molar-refractivity contribution in [3.8, 4) is 0 Å². The zero-order valence-corrected chi connectivity index (χ0v) is 22.8. The average molecular weight is 504 g/mol. The molecule has 0 saturated carbocycles. The number of tetrazole rings is 1. The van der Waals surface area contributed by atoms with E-state index < -0.39 is 5.41 Å². The first kappa shape index (κ1) is 26.5. The molecule has 1 aromatic heterocycles. The lowest BCUT2D eigenvalue weighted by atomic mass is 9.65. The van der Waals surface area contributed by atoms with Crippen molar-refractivity contribution >= 4 is 11.8 Å². The van der Waals surface area contributed by atoms with Crippen LogP contribution >= 0.6 is 0 Å². The van der Waals surface area contributed by atoms with Crippen molar-refractivity contribution in [3.63, 3.8) is 0 Å². The lowest BCUT2D eigenvalue weighted by molar-refractivity contribution is 0.0820. The minimum atomic E-state index is -0.819. The zero-order valence-electron chi connectivity index (χ0n) is 22.8. The van der Waals surface area contributed by atoms with E-state index >= 15 is 0 Å². The molecule has 196 valence electrons. The number of rotatable bonds is 5. The van der Waals surface area contributed by atoms with Crippen LogP contribution in [0.1, 0.15) is 76.0 Å². The molecule has 0 saturated heterocycles. The monoisotopic (exact) mass is 503 g/mol. The van der Waals surface area contributed by atoms with Gasteiger partial charge in [0.1, 0.15) is 0 Å². The second-order valence-corrected chi connectivity index (χ2v) is 11.5. The Morgan fingerprint density at radius 1 is 0.946 bits per heavy atom. The van der Waals surface area contributed by atoms with E-state index in [1.807, 2.05) is 36.4 Å². The quantitative estimate of drug-likeness (QED) is 0.552. The van der Waals surface area contributed by atoms with Gasteiger partial charge in [-0.25, -0.2) is 0 Å². The third-order valence-electron chi connectivity index (χ3n) is 7.47. The van der Waals surface area contributed by atoms with Crippen LogP contribution in [0.5, 0.6) is 0 Å². The van der Waals surface area contributed by atoms with Gasteiger partial charge in [0.2, 0.25) is 0 Å². The second-order valence-electron chi connectivity index (χ2n) is 11.5. The summed E-state index contributed by atoms with van der Waals surface area (Å²) in [4.78, 5) is 28.8. The Hall–Kier alpha value is -3.59. The summed E-state index contributed by atoms with van der Waals surface area (Å²) in [6.07, 6.45) is 1.92. The van der Waals surface area contributed by atoms with Gasteiger partial charge in [0, 0.05) is 45.4 Å². The van der Waals surface area contributed by atoms with Gasteiger partial charge in [-0.1, -0.05) is 38.1 Å². The number of nitrogens with two attached hydrogens (primary N) is 1. The Morgan fingerprint density at radius 2 is 1.43 bits per heavy atom. The van der Waals surface area contributed by atoms with E-state index in [9.17, 15) is 9.59 Å². The fourth-order valence-electron chi connectivity index (χ4n) is 5.16. The average Bonchev–Trinajstić information content (AvgIpc) is 3.35. The van der Waals surface area contributed by atoms with Crippen molar-refractivity contribution in [1.82, 2.24) is 30.4 Å². The molecule has 1 aliphatic rings. The van der Waals surface area contributed by atoms with Gasteiger partial charge in [0.25, 0.3) is 11.8 Å². The van der Waals surface area contributed by atoms with Crippen molar-refractivity contribution in [2.75, 3.05) is 28.2 Å². The fourth-order valence-corrected chi connectivity index (χ4v) is 5.16. The van der Waals surface area contributed by atoms with Crippen molar-refractivity contribution in [2.45, 2.75) is 51.5 Å². The van der Waals surface area contributed by atoms with Crippen LogP contribution < -0.4 is 5.73 Å². The lowest BCUT2D eigenvalue weighted by Crippen LogP contribution is -2.44. The molecule has 0 unspecified atom stereocenters. The predicted octanol–water partition coefficient (Wildman–Crippen LogP) is 2.80. The third kappa shape index (κ3) is 4.75. The molecule has 0 bridgehead atoms. The molecular weight excluding hydrogens is 466 g/mol. The van der Waals surface area contributed by atoms with E-state index in [1.54, 1.807) is 38.0 Å². The van der Waals surface area contributed by atoms with E-state index in [1.165, 1.54) is 0 Å². The van der Waals surface area contributed by atoms with Gasteiger partial charge in [0.15, 0.2) is 5.82 Å². The van der Waals surface area contributed by atoms with Crippen LogP contribution in [-0.4, -0.2) is 76.5 Å². The molecule has 0 aliphatic heterocycles. The summed E-state index contributed by atoms with van der Waals surface area (Å²) in [7, 11) is 7.00. The van der Waals surface area contributed by atoms with Gasteiger partial charge in [-0.05, 0) is 71.2 Å². The number of aromatic nitrogens is 4. The molecular formula is C28H37N7O2. The highest BCUT2D eigenvalue weighted by Gasteiger charge is 2.47. The molecule has 1 heterocycles. The van der Waals surface area contributed by atoms with Crippen LogP contribution in [0.15, 0.2) is 36.4 Å². The number of benzene rings is 2. The Kier molecular flexibility index (Phi) is 6.94. The minimum absolute atomic E-state index is 0.0556. The predicted molar refractivity (Wildman–Crippen MR) is 142 cm³/mol. The van der Waals surface area contributed by atoms with E-state index in [4.69, 9.17) is 5.73 Å². The number of carbonyl (C=O) groups excluding carboxylic acids is 2. The first-order valence-corrected chi connectivity index (χ1v) is 12.6. The number of carbonyl (C=O) groups is 2. The molecule has 9 nitrogen and oxygen atoms in total. The molecule has 2 amide bonds. The summed E-state index contributed by atoms with van der Waals surface area (Å²) >= 11 is 0. The van der Waals surface area contributed by atoms with Crippen LogP contribution in [0.2, 0.25) is 0 Å². The largest absolute Gasteiger partial charge is 0.345 e. The van der Waals surface area contributed by atoms with Gasteiger partial charge in [-0.15, -0.1) is 10.2 Å². The number of fused-ring (bicyclic) bond motifs is 2. The van der Waals surface area contributed by atoms with E-state index in [0.29, 0.717) is 36.2 Å². The van der Waals surface area contributed by atoms with Crippen molar-refractivity contribution in [2.24, 2.45) is 11.1 Å². The van der Waals surface area contributed by atoms with Crippen molar-refractivity contribution in [1.29, 1.82) is 0 Å². The summed E-state index contributed by atoms with van der Waals surface area (Å²) in [5.41, 5.74) is 11.2. The maximum absolute atomic E-state index is 12.8. The summed E-state index contributed by atoms with van der Waals surface area (Å²) in [5.74, 6) is 0.412. The molecule has 1 atom stereocenters. The number of amides is 2. The molecule has 3 N–H and O–H groups in total. The maximum Gasteiger partial charge on any atom is 0.253 e. The second kappa shape index (κ2) is 9.70. The van der Waals surface area contributed by atoms with Crippen LogP contribution in [0, 0.1) is 5.41 Å². The number of nitrogens with one attached hydrogen (secondary N) is 1. The summed E-state index contributed by atoms with van der Waals surface area (Å²) < 4.78 is 0. The Bertz CT molecular complexity index is 1240. The van der Waals surface area contributed by atoms with Gasteiger partial charge >= 0.3 is 0 Å². The fraction of sp³-hybridized carbons (Fsp3) is 0.464. The van der Waals surface area contributed by atoms with E-state index in [-0.39, 0.29) is 23.3 Å². The van der Waals surface area contributed by atoms with Crippen LogP contribution in [0.3, 0.4) is 0 Å². The van der Waals surface area contributed by atoms with Gasteiger partial charge in [-0.3, -0.25) is 9.59 Å². The highest BCUT2D eigenvalue weighted by molar-refractivity contribution is 5.95. The molecule has 2 aromatic carbocycles. The van der Waals surface area contributed by atoms with Gasteiger partial charge in [0.05, 0.1) is 5.41 Å². The smallest absolute Gasteiger partial charge is 0.253 e. The van der Waals surface area contributed by atoms with Gasteiger partial charge in [-0.2, -0.15) is 5.21 Å². The molecule has 0 fully saturated rings. The standard InChI is InChI=1S/C28H37N7O2/c1-27(2,3)23(29)16-28(26-30-32-33-31-26)21-12-10-19(24(36)34(4)5)14-17(21)8-9-18-15-20(11-13-22(18)28)25(37)35(6)7/h10-15,23H,8-9,16,29H2,1-7H3,(H,30,31,32,33)/t23-/m1/s1. The zero-order chi connectivity index (χ0) is 27.1. The Labute approximate surface area is 218 Å². The SMILES string of the molecule is CN(C)C(=O)c1ccc2c(c1)CCc1cc(C(=O)N(C)C)ccc1C2(C[C@@H](N)C(C)(C)C)c1nn[nH]n1. The van der Waals surface area contributed by atoms with Gasteiger partial charge < -0.3 is 15.5 Å². The van der Waals surface area contributed by atoms with E-state index in [0.717, 1.165) is 22.3 Å². The molecule has 37 heavy (non-hydrogen) atoms. The van der Waals surface area contributed by atoms with E-state index in [2.05, 4.69) is 41.4 Å². The van der Waals surface area contributed by atoms with Crippen molar-refractivity contribution in [3.05, 3.63) is 75.6 Å². The van der Waals surface area contributed by atoms with Crippen LogP contribution in [-0.2, 0) is 18.3 Å². The summed E-state index contributed by atoms with van der Waals surface area (Å²) in [5, 5.41) is 15.6. The Balaban J connectivity index is 2.03. The number of aryl methyl sites for hydroxylation is 2. The topological polar surface area (TPSA) is 121 Å². The number of H-pyrrole nitrogens is 1. The van der Waals surface area contributed by atoms with Crippen LogP contribution in [0.25, 0.3) is 0 Å². The molecule has 0 spiro atoms. The maximum atomic E-state index is 12.8. The normalized spacial score (nSPS) is 15.2. The minimum Gasteiger partial charge on any atom is -0.345 e. The Morgan fingerprint density at radius 3 is 1.81 bits per heavy atom. The molecule has 9 heteroatoms.